The molecular formula is C9H20F3NO3S. The van der Waals surface area contributed by atoms with Crippen LogP contribution in [0.2, 0.25) is 0 Å². The normalized spacial score (nSPS) is 9.18. The molecular weight excluding hydrogens is 259 g/mol. The van der Waals surface area contributed by atoms with Crippen LogP contribution in [0.4, 0.5) is 13.2 Å². The highest BCUT2D eigenvalue weighted by Crippen LogP contribution is 2.20. The number of rotatable bonds is 0. The Labute approximate surface area is 101 Å². The lowest BCUT2D eigenvalue weighted by molar-refractivity contribution is -0.597. The van der Waals surface area contributed by atoms with Gasteiger partial charge in [0.1, 0.15) is 0 Å². The van der Waals surface area contributed by atoms with E-state index in [0.717, 1.165) is 0 Å². The van der Waals surface area contributed by atoms with Crippen molar-refractivity contribution in [2.75, 3.05) is 14.1 Å². The molecule has 2 N–H and O–H groups in total. The molecule has 17 heavy (non-hydrogen) atoms. The van der Waals surface area contributed by atoms with Crippen molar-refractivity contribution in [3.63, 3.8) is 0 Å². The number of halogens is 3. The monoisotopic (exact) mass is 279 g/mol. The average molecular weight is 279 g/mol. The van der Waals surface area contributed by atoms with Crippen LogP contribution in [0.3, 0.4) is 0 Å². The van der Waals surface area contributed by atoms with Gasteiger partial charge >= 0.3 is 5.51 Å². The van der Waals surface area contributed by atoms with Gasteiger partial charge in [0.05, 0.1) is 14.1 Å². The molecule has 0 saturated heterocycles. The minimum atomic E-state index is -6.09. The van der Waals surface area contributed by atoms with Gasteiger partial charge in [0.25, 0.3) is 0 Å². The first-order chi connectivity index (χ1) is 7.49. The molecule has 0 bridgehead atoms. The van der Waals surface area contributed by atoms with Crippen LogP contribution < -0.4 is 5.32 Å². The van der Waals surface area contributed by atoms with Crippen molar-refractivity contribution in [3.8, 4) is 0 Å². The quantitative estimate of drug-likeness (QED) is 0.412. The molecule has 106 valence electrons. The Hall–Kier alpha value is -0.860. The predicted octanol–water partition coefficient (Wildman–Crippen LogP) is 1.25. The summed E-state index contributed by atoms with van der Waals surface area (Å²) in [5.74, 6) is 0. The fourth-order valence-electron chi connectivity index (χ4n) is 0. The molecule has 0 aromatic heterocycles. The van der Waals surface area contributed by atoms with Crippen LogP contribution in [-0.2, 0) is 10.1 Å². The Bertz CT molecular complexity index is 255. The van der Waals surface area contributed by atoms with Gasteiger partial charge in [-0.3, -0.25) is 0 Å². The van der Waals surface area contributed by atoms with E-state index in [1.165, 1.54) is 0 Å². The van der Waals surface area contributed by atoms with Crippen molar-refractivity contribution in [1.82, 2.24) is 0 Å². The van der Waals surface area contributed by atoms with Gasteiger partial charge in [-0.15, -0.1) is 13.2 Å². The van der Waals surface area contributed by atoms with E-state index in [4.69, 9.17) is 13.0 Å². The van der Waals surface area contributed by atoms with Crippen molar-refractivity contribution >= 4 is 10.1 Å². The zero-order chi connectivity index (χ0) is 15.1. The average Bonchev–Trinajstić information content (AvgIpc) is 2.03. The second-order valence-electron chi connectivity index (χ2n) is 2.29. The highest BCUT2D eigenvalue weighted by molar-refractivity contribution is 7.86. The molecule has 0 spiro atoms. The number of hydrogen-bond acceptors (Lipinski definition) is 3. The number of nitrogens with two attached hydrogens (primary N) is 1. The van der Waals surface area contributed by atoms with Gasteiger partial charge in [0.2, 0.25) is 0 Å². The predicted molar refractivity (Wildman–Crippen MR) is 61.3 cm³/mol. The molecule has 0 saturated carbocycles. The molecule has 0 fully saturated rings. The van der Waals surface area contributed by atoms with Gasteiger partial charge in [-0.25, -0.2) is 8.42 Å². The van der Waals surface area contributed by atoms with Gasteiger partial charge in [0, 0.05) is 0 Å². The van der Waals surface area contributed by atoms with Crippen molar-refractivity contribution in [2.45, 2.75) is 19.4 Å². The van der Waals surface area contributed by atoms with E-state index in [2.05, 4.69) is 13.2 Å². The van der Waals surface area contributed by atoms with Crippen LogP contribution >= 0.6 is 0 Å². The topological polar surface area (TPSA) is 73.8 Å². The number of quaternary nitrogens is 1. The Morgan fingerprint density at radius 1 is 1.12 bits per heavy atom. The molecule has 0 atom stereocenters. The van der Waals surface area contributed by atoms with E-state index in [1.54, 1.807) is 12.2 Å². The number of alkyl halides is 3. The molecule has 0 unspecified atom stereocenters. The standard InChI is InChI=1S/2C3H6.C2H7N.CHF3O3S/c3*1-3-2;2-1(3,4)8(5,6)7/h2*3H,1H2,2H3;3H,1-2H3;(H,5,6,7). The summed E-state index contributed by atoms with van der Waals surface area (Å²) in [7, 11) is -2.09. The zero-order valence-corrected chi connectivity index (χ0v) is 11.2. The lowest BCUT2D eigenvalue weighted by atomic mass is 10.8. The SMILES string of the molecule is C=CC.C=CC.C[NH2+]C.O=S(=O)([O-])C(F)(F)F. The highest BCUT2D eigenvalue weighted by Gasteiger charge is 2.36. The zero-order valence-electron chi connectivity index (χ0n) is 10.4. The van der Waals surface area contributed by atoms with Crippen LogP contribution in [0.25, 0.3) is 0 Å². The van der Waals surface area contributed by atoms with Crippen molar-refractivity contribution in [3.05, 3.63) is 25.3 Å². The Kier molecular flexibility index (Phi) is 22.4. The van der Waals surface area contributed by atoms with Crippen molar-refractivity contribution < 1.29 is 31.5 Å². The lowest BCUT2D eigenvalue weighted by Gasteiger charge is -2.08. The lowest BCUT2D eigenvalue weighted by Crippen LogP contribution is -2.74. The molecule has 0 heterocycles. The summed E-state index contributed by atoms with van der Waals surface area (Å²) in [6.45, 7) is 10.5. The van der Waals surface area contributed by atoms with Crippen LogP contribution in [0, 0.1) is 0 Å². The first-order valence-corrected chi connectivity index (χ1v) is 5.81. The van der Waals surface area contributed by atoms with E-state index >= 15 is 0 Å². The maximum atomic E-state index is 10.7. The summed E-state index contributed by atoms with van der Waals surface area (Å²) in [6, 6.07) is 0. The maximum Gasteiger partial charge on any atom is 0.485 e. The fraction of sp³-hybridized carbons (Fsp3) is 0.556. The van der Waals surface area contributed by atoms with Crippen molar-refractivity contribution in [2.24, 2.45) is 0 Å². The number of hydrogen-bond donors (Lipinski definition) is 1. The minimum absolute atomic E-state index is 1.75. The van der Waals surface area contributed by atoms with Gasteiger partial charge < -0.3 is 9.87 Å². The van der Waals surface area contributed by atoms with E-state index in [1.807, 2.05) is 33.3 Å². The van der Waals surface area contributed by atoms with Gasteiger partial charge in [-0.05, 0) is 13.8 Å². The third-order valence-corrected chi connectivity index (χ3v) is 0.850. The van der Waals surface area contributed by atoms with Crippen LogP contribution in [0.1, 0.15) is 13.8 Å². The van der Waals surface area contributed by atoms with E-state index in [0.29, 0.717) is 0 Å². The van der Waals surface area contributed by atoms with Gasteiger partial charge in [-0.1, -0.05) is 12.2 Å². The summed E-state index contributed by atoms with van der Waals surface area (Å²) >= 11 is 0. The summed E-state index contributed by atoms with van der Waals surface area (Å²) in [5, 5.41) is 2.00. The molecule has 0 rings (SSSR count). The second-order valence-corrected chi connectivity index (χ2v) is 3.66. The molecule has 0 radical (unpaired) electrons. The Morgan fingerprint density at radius 3 is 1.18 bits per heavy atom. The maximum absolute atomic E-state index is 10.7. The first-order valence-electron chi connectivity index (χ1n) is 4.40. The summed E-state index contributed by atoms with van der Waals surface area (Å²) in [5.41, 5.74) is -5.65. The van der Waals surface area contributed by atoms with Gasteiger partial charge in [0.15, 0.2) is 10.1 Å². The van der Waals surface area contributed by atoms with Crippen LogP contribution in [0.5, 0.6) is 0 Å². The molecule has 0 amide bonds. The molecule has 0 aliphatic carbocycles. The van der Waals surface area contributed by atoms with E-state index in [-0.39, 0.29) is 0 Å². The number of allylic oxidation sites excluding steroid dienone is 2. The molecule has 4 nitrogen and oxygen atoms in total. The summed E-state index contributed by atoms with van der Waals surface area (Å²) < 4.78 is 58.9. The Balaban J connectivity index is -0.0000000784. The van der Waals surface area contributed by atoms with Crippen LogP contribution in [0.15, 0.2) is 25.3 Å². The molecule has 0 aromatic carbocycles. The van der Waals surface area contributed by atoms with E-state index in [9.17, 15) is 13.2 Å². The summed E-state index contributed by atoms with van der Waals surface area (Å²) in [6.07, 6.45) is 3.50. The first kappa shape index (κ1) is 25.1. The highest BCUT2D eigenvalue weighted by atomic mass is 32.2. The van der Waals surface area contributed by atoms with Crippen LogP contribution in [-0.4, -0.2) is 32.6 Å². The van der Waals surface area contributed by atoms with Crippen molar-refractivity contribution in [1.29, 1.82) is 0 Å². The third-order valence-electron chi connectivity index (χ3n) is 0.283. The second kappa shape index (κ2) is 15.1. The fourth-order valence-corrected chi connectivity index (χ4v) is 0. The molecule has 8 heteroatoms. The van der Waals surface area contributed by atoms with Gasteiger partial charge in [-0.2, -0.15) is 13.2 Å². The largest absolute Gasteiger partial charge is 0.741 e. The molecule has 0 aromatic rings. The van der Waals surface area contributed by atoms with E-state index < -0.39 is 15.6 Å². The summed E-state index contributed by atoms with van der Waals surface area (Å²) in [4.78, 5) is 0. The molecule has 0 aliphatic rings. The smallest absolute Gasteiger partial charge is 0.485 e. The Morgan fingerprint density at radius 2 is 1.18 bits per heavy atom. The minimum Gasteiger partial charge on any atom is -0.741 e. The third kappa shape index (κ3) is 39.5. The molecule has 0 aliphatic heterocycles.